The first kappa shape index (κ1) is 14.3. The molecule has 1 aromatic carbocycles. The molecule has 0 aliphatic carbocycles. The number of likely N-dealkylation sites (N-methyl/N-ethyl adjacent to an activating group) is 1. The number of ether oxygens (including phenoxy) is 1. The van der Waals surface area contributed by atoms with E-state index >= 15 is 0 Å². The van der Waals surface area contributed by atoms with Gasteiger partial charge in [0.2, 0.25) is 0 Å². The van der Waals surface area contributed by atoms with Crippen LogP contribution in [0.5, 0.6) is 5.75 Å². The first-order chi connectivity index (χ1) is 9.05. The molecule has 1 aliphatic rings. The molecule has 4 nitrogen and oxygen atoms in total. The minimum absolute atomic E-state index is 0.175. The normalized spacial score (nSPS) is 23.2. The van der Waals surface area contributed by atoms with Crippen LogP contribution in [-0.2, 0) is 16.3 Å². The Morgan fingerprint density at radius 2 is 2.16 bits per heavy atom. The highest BCUT2D eigenvalue weighted by Crippen LogP contribution is 2.26. The maximum Gasteiger partial charge on any atom is 0.150 e. The Labute approximate surface area is 115 Å². The van der Waals surface area contributed by atoms with E-state index in [4.69, 9.17) is 4.74 Å². The van der Waals surface area contributed by atoms with Crippen LogP contribution in [-0.4, -0.2) is 40.1 Å². The highest BCUT2D eigenvalue weighted by Gasteiger charge is 2.33. The SMILES string of the molecule is CNC(Cc1ccccc1OC)C1CCS(=O)(=O)C1. The Kier molecular flexibility index (Phi) is 4.47. The lowest BCUT2D eigenvalue weighted by atomic mass is 9.93. The molecule has 1 N–H and O–H groups in total. The van der Waals surface area contributed by atoms with E-state index in [1.165, 1.54) is 0 Å². The van der Waals surface area contributed by atoms with Crippen molar-refractivity contribution in [2.24, 2.45) is 5.92 Å². The van der Waals surface area contributed by atoms with Crippen molar-refractivity contribution >= 4 is 9.84 Å². The third-order valence-electron chi connectivity index (χ3n) is 3.84. The van der Waals surface area contributed by atoms with Crippen LogP contribution in [0.25, 0.3) is 0 Å². The number of para-hydroxylation sites is 1. The summed E-state index contributed by atoms with van der Waals surface area (Å²) < 4.78 is 28.5. The lowest BCUT2D eigenvalue weighted by molar-refractivity contribution is 0.382. The van der Waals surface area contributed by atoms with Gasteiger partial charge in [0, 0.05) is 6.04 Å². The predicted octanol–water partition coefficient (Wildman–Crippen LogP) is 1.26. The van der Waals surface area contributed by atoms with Crippen LogP contribution in [0, 0.1) is 5.92 Å². The number of rotatable bonds is 5. The molecule has 1 aliphatic heterocycles. The highest BCUT2D eigenvalue weighted by molar-refractivity contribution is 7.91. The molecule has 0 aromatic heterocycles. The van der Waals surface area contributed by atoms with Gasteiger partial charge in [-0.2, -0.15) is 0 Å². The predicted molar refractivity (Wildman–Crippen MR) is 76.3 cm³/mol. The Morgan fingerprint density at radius 1 is 1.42 bits per heavy atom. The van der Waals surface area contributed by atoms with E-state index < -0.39 is 9.84 Å². The van der Waals surface area contributed by atoms with E-state index in [9.17, 15) is 8.42 Å². The van der Waals surface area contributed by atoms with Crippen LogP contribution in [0.1, 0.15) is 12.0 Å². The van der Waals surface area contributed by atoms with Gasteiger partial charge < -0.3 is 10.1 Å². The Hall–Kier alpha value is -1.07. The summed E-state index contributed by atoms with van der Waals surface area (Å²) in [5.74, 6) is 1.68. The van der Waals surface area contributed by atoms with E-state index in [2.05, 4.69) is 5.32 Å². The molecule has 5 heteroatoms. The van der Waals surface area contributed by atoms with Crippen LogP contribution in [0.2, 0.25) is 0 Å². The third kappa shape index (κ3) is 3.48. The lowest BCUT2D eigenvalue weighted by Gasteiger charge is -2.23. The minimum atomic E-state index is -2.83. The summed E-state index contributed by atoms with van der Waals surface area (Å²) in [7, 11) is 0.724. The van der Waals surface area contributed by atoms with Crippen LogP contribution in [0.15, 0.2) is 24.3 Å². The molecule has 0 spiro atoms. The van der Waals surface area contributed by atoms with E-state index in [0.29, 0.717) is 11.5 Å². The largest absolute Gasteiger partial charge is 0.496 e. The van der Waals surface area contributed by atoms with Gasteiger partial charge in [-0.3, -0.25) is 0 Å². The van der Waals surface area contributed by atoms with Gasteiger partial charge in [-0.15, -0.1) is 0 Å². The standard InChI is InChI=1S/C14H21NO3S/c1-15-13(12-7-8-19(16,17)10-12)9-11-5-3-4-6-14(11)18-2/h3-6,12-13,15H,7-10H2,1-2H3. The second kappa shape index (κ2) is 5.92. The Bertz CT molecular complexity index is 527. The van der Waals surface area contributed by atoms with Gasteiger partial charge in [-0.05, 0) is 37.4 Å². The third-order valence-corrected chi connectivity index (χ3v) is 5.63. The summed E-state index contributed by atoms with van der Waals surface area (Å²) in [4.78, 5) is 0. The molecule has 1 saturated heterocycles. The van der Waals surface area contributed by atoms with E-state index in [1.54, 1.807) is 7.11 Å². The van der Waals surface area contributed by atoms with Gasteiger partial charge in [0.25, 0.3) is 0 Å². The zero-order valence-electron chi connectivity index (χ0n) is 11.4. The van der Waals surface area contributed by atoms with Crippen molar-refractivity contribution in [3.05, 3.63) is 29.8 Å². The van der Waals surface area contributed by atoms with Gasteiger partial charge >= 0.3 is 0 Å². The number of hydrogen-bond donors (Lipinski definition) is 1. The fraction of sp³-hybridized carbons (Fsp3) is 0.571. The first-order valence-electron chi connectivity index (χ1n) is 6.55. The fourth-order valence-corrected chi connectivity index (χ4v) is 4.63. The molecule has 2 rings (SSSR count). The zero-order chi connectivity index (χ0) is 13.9. The number of hydrogen-bond acceptors (Lipinski definition) is 4. The van der Waals surface area contributed by atoms with Crippen molar-refractivity contribution in [2.45, 2.75) is 18.9 Å². The molecule has 0 radical (unpaired) electrons. The zero-order valence-corrected chi connectivity index (χ0v) is 12.2. The van der Waals surface area contributed by atoms with E-state index in [1.807, 2.05) is 31.3 Å². The number of nitrogens with one attached hydrogen (secondary N) is 1. The monoisotopic (exact) mass is 283 g/mol. The maximum absolute atomic E-state index is 11.6. The Balaban J connectivity index is 2.11. The quantitative estimate of drug-likeness (QED) is 0.884. The lowest BCUT2D eigenvalue weighted by Crippen LogP contribution is -2.36. The molecule has 1 heterocycles. The van der Waals surface area contributed by atoms with Crippen LogP contribution in [0.4, 0.5) is 0 Å². The van der Waals surface area contributed by atoms with Crippen molar-refractivity contribution in [1.29, 1.82) is 0 Å². The number of benzene rings is 1. The molecule has 0 bridgehead atoms. The summed E-state index contributed by atoms with van der Waals surface area (Å²) >= 11 is 0. The van der Waals surface area contributed by atoms with Crippen molar-refractivity contribution in [1.82, 2.24) is 5.32 Å². The molecule has 0 saturated carbocycles. The van der Waals surface area contributed by atoms with Crippen molar-refractivity contribution in [2.75, 3.05) is 25.7 Å². The van der Waals surface area contributed by atoms with Gasteiger partial charge in [-0.25, -0.2) is 8.42 Å². The van der Waals surface area contributed by atoms with Crippen LogP contribution >= 0.6 is 0 Å². The van der Waals surface area contributed by atoms with Crippen molar-refractivity contribution < 1.29 is 13.2 Å². The summed E-state index contributed by atoms with van der Waals surface area (Å²) in [5, 5.41) is 3.26. The topological polar surface area (TPSA) is 55.4 Å². The minimum Gasteiger partial charge on any atom is -0.496 e. The first-order valence-corrected chi connectivity index (χ1v) is 8.37. The average molecular weight is 283 g/mol. The second-order valence-corrected chi connectivity index (χ2v) is 7.30. The van der Waals surface area contributed by atoms with Crippen molar-refractivity contribution in [3.63, 3.8) is 0 Å². The second-order valence-electron chi connectivity index (χ2n) is 5.07. The van der Waals surface area contributed by atoms with Gasteiger partial charge in [0.15, 0.2) is 9.84 Å². The van der Waals surface area contributed by atoms with Gasteiger partial charge in [0.1, 0.15) is 5.75 Å². The van der Waals surface area contributed by atoms with Crippen molar-refractivity contribution in [3.8, 4) is 5.75 Å². The number of methoxy groups -OCH3 is 1. The molecular formula is C14H21NO3S. The summed E-state index contributed by atoms with van der Waals surface area (Å²) in [6.07, 6.45) is 1.55. The fourth-order valence-electron chi connectivity index (χ4n) is 2.75. The molecule has 1 aromatic rings. The summed E-state index contributed by atoms with van der Waals surface area (Å²) in [6, 6.07) is 8.07. The van der Waals surface area contributed by atoms with Crippen LogP contribution < -0.4 is 10.1 Å². The van der Waals surface area contributed by atoms with Gasteiger partial charge in [-0.1, -0.05) is 18.2 Å². The number of sulfone groups is 1. The smallest absolute Gasteiger partial charge is 0.150 e. The molecule has 19 heavy (non-hydrogen) atoms. The van der Waals surface area contributed by atoms with Gasteiger partial charge in [0.05, 0.1) is 18.6 Å². The molecular weight excluding hydrogens is 262 g/mol. The highest BCUT2D eigenvalue weighted by atomic mass is 32.2. The van der Waals surface area contributed by atoms with Crippen LogP contribution in [0.3, 0.4) is 0 Å². The van der Waals surface area contributed by atoms with E-state index in [0.717, 1.165) is 24.2 Å². The molecule has 1 fully saturated rings. The molecule has 2 atom stereocenters. The Morgan fingerprint density at radius 3 is 2.74 bits per heavy atom. The molecule has 0 amide bonds. The average Bonchev–Trinajstić information content (AvgIpc) is 2.76. The van der Waals surface area contributed by atoms with E-state index in [-0.39, 0.29) is 12.0 Å². The summed E-state index contributed by atoms with van der Waals surface area (Å²) in [5.41, 5.74) is 1.12. The molecule has 2 unspecified atom stereocenters. The molecule has 106 valence electrons. The maximum atomic E-state index is 11.6. The summed E-state index contributed by atoms with van der Waals surface area (Å²) in [6.45, 7) is 0.